The van der Waals surface area contributed by atoms with Crippen LogP contribution in [-0.4, -0.2) is 62.8 Å². The fourth-order valence-electron chi connectivity index (χ4n) is 3.43. The molecule has 0 saturated carbocycles. The topological polar surface area (TPSA) is 117 Å². The van der Waals surface area contributed by atoms with E-state index in [0.717, 1.165) is 17.4 Å². The van der Waals surface area contributed by atoms with Crippen LogP contribution in [0.1, 0.15) is 0 Å². The van der Waals surface area contributed by atoms with Crippen LogP contribution >= 0.6 is 11.7 Å². The average Bonchev–Trinajstić information content (AvgIpc) is 3.29. The third kappa shape index (κ3) is 3.92. The van der Waals surface area contributed by atoms with Crippen LogP contribution in [0, 0.1) is 0 Å². The summed E-state index contributed by atoms with van der Waals surface area (Å²) in [5.41, 5.74) is 1.85. The summed E-state index contributed by atoms with van der Waals surface area (Å²) in [6, 6.07) is 12.5. The molecule has 12 heteroatoms. The lowest BCUT2D eigenvalue weighted by atomic mass is 10.3. The van der Waals surface area contributed by atoms with E-state index in [4.69, 9.17) is 0 Å². The summed E-state index contributed by atoms with van der Waals surface area (Å²) in [5, 5.41) is 11.6. The minimum Gasteiger partial charge on any atom is -0.352 e. The molecular formula is C19H18N8O2S2. The minimum atomic E-state index is -3.65. The van der Waals surface area contributed by atoms with E-state index in [1.807, 2.05) is 29.2 Å². The predicted molar refractivity (Wildman–Crippen MR) is 118 cm³/mol. The third-order valence-corrected chi connectivity index (χ3v) is 7.49. The molecule has 0 bridgehead atoms. The maximum absolute atomic E-state index is 13.2. The SMILES string of the molecule is O=S(=O)(c1cccc2nsnc12)N1CCN(c2ccc(Nc3cccnc3)nn2)CC1. The fraction of sp³-hybridized carbons (Fsp3) is 0.211. The van der Waals surface area contributed by atoms with Crippen molar-refractivity contribution in [3.05, 3.63) is 54.9 Å². The molecule has 1 aromatic carbocycles. The number of piperazine rings is 1. The van der Waals surface area contributed by atoms with Crippen molar-refractivity contribution >= 4 is 50.1 Å². The Morgan fingerprint density at radius 1 is 0.935 bits per heavy atom. The van der Waals surface area contributed by atoms with Crippen LogP contribution in [0.3, 0.4) is 0 Å². The number of fused-ring (bicyclic) bond motifs is 1. The molecule has 3 aromatic heterocycles. The minimum absolute atomic E-state index is 0.206. The van der Waals surface area contributed by atoms with Crippen molar-refractivity contribution in [3.63, 3.8) is 0 Å². The number of nitrogens with zero attached hydrogens (tertiary/aromatic N) is 7. The van der Waals surface area contributed by atoms with Gasteiger partial charge in [0.05, 0.1) is 23.6 Å². The van der Waals surface area contributed by atoms with Crippen LogP contribution in [0.2, 0.25) is 0 Å². The Morgan fingerprint density at radius 2 is 1.81 bits per heavy atom. The van der Waals surface area contributed by atoms with E-state index in [-0.39, 0.29) is 4.90 Å². The first-order valence-electron chi connectivity index (χ1n) is 9.58. The predicted octanol–water partition coefficient (Wildman–Crippen LogP) is 2.13. The van der Waals surface area contributed by atoms with Crippen LogP contribution in [0.25, 0.3) is 11.0 Å². The van der Waals surface area contributed by atoms with Gasteiger partial charge in [0.2, 0.25) is 10.0 Å². The lowest BCUT2D eigenvalue weighted by Crippen LogP contribution is -2.49. The molecule has 0 atom stereocenters. The molecule has 1 aliphatic heterocycles. The fourth-order valence-corrected chi connectivity index (χ4v) is 5.61. The lowest BCUT2D eigenvalue weighted by molar-refractivity contribution is 0.384. The van der Waals surface area contributed by atoms with Gasteiger partial charge >= 0.3 is 0 Å². The van der Waals surface area contributed by atoms with Gasteiger partial charge in [0, 0.05) is 32.4 Å². The van der Waals surface area contributed by atoms with E-state index in [9.17, 15) is 8.42 Å². The summed E-state index contributed by atoms with van der Waals surface area (Å²) in [7, 11) is -3.65. The van der Waals surface area contributed by atoms with E-state index in [1.165, 1.54) is 4.31 Å². The van der Waals surface area contributed by atoms with Gasteiger partial charge in [-0.3, -0.25) is 4.98 Å². The summed E-state index contributed by atoms with van der Waals surface area (Å²) in [6.07, 6.45) is 3.41. The molecule has 1 saturated heterocycles. The second-order valence-corrected chi connectivity index (χ2v) is 9.36. The highest BCUT2D eigenvalue weighted by Gasteiger charge is 2.31. The average molecular weight is 455 g/mol. The Labute approximate surface area is 183 Å². The maximum Gasteiger partial charge on any atom is 0.245 e. The maximum atomic E-state index is 13.2. The van der Waals surface area contributed by atoms with Crippen molar-refractivity contribution in [1.29, 1.82) is 0 Å². The van der Waals surface area contributed by atoms with E-state index >= 15 is 0 Å². The number of rotatable bonds is 5. The summed E-state index contributed by atoms with van der Waals surface area (Å²) < 4.78 is 36.1. The standard InChI is InChI=1S/C19H18N8O2S2/c28-31(29,16-5-1-4-15-19(16)25-30-24-15)27-11-9-26(10-12-27)18-7-6-17(22-23-18)21-14-3-2-8-20-13-14/h1-8,13H,9-12H2,(H,21,22). The molecule has 4 heterocycles. The number of hydrogen-bond acceptors (Lipinski definition) is 10. The molecule has 1 fully saturated rings. The molecule has 10 nitrogen and oxygen atoms in total. The Balaban J connectivity index is 1.26. The van der Waals surface area contributed by atoms with Gasteiger partial charge in [0.15, 0.2) is 11.6 Å². The molecule has 0 radical (unpaired) electrons. The van der Waals surface area contributed by atoms with Crippen molar-refractivity contribution in [2.45, 2.75) is 4.90 Å². The van der Waals surface area contributed by atoms with Gasteiger partial charge in [0.1, 0.15) is 15.9 Å². The monoisotopic (exact) mass is 454 g/mol. The van der Waals surface area contributed by atoms with E-state index in [0.29, 0.717) is 48.8 Å². The zero-order valence-electron chi connectivity index (χ0n) is 16.3. The normalized spacial score (nSPS) is 15.3. The summed E-state index contributed by atoms with van der Waals surface area (Å²) >= 11 is 1.01. The van der Waals surface area contributed by atoms with Crippen LogP contribution < -0.4 is 10.2 Å². The summed E-state index contributed by atoms with van der Waals surface area (Å²) in [6.45, 7) is 1.75. The molecule has 0 unspecified atom stereocenters. The quantitative estimate of drug-likeness (QED) is 0.484. The third-order valence-electron chi connectivity index (χ3n) is 5.01. The highest BCUT2D eigenvalue weighted by molar-refractivity contribution is 7.89. The Hall–Kier alpha value is -3.22. The molecule has 1 aliphatic rings. The van der Waals surface area contributed by atoms with Crippen LogP contribution in [0.4, 0.5) is 17.3 Å². The number of benzene rings is 1. The van der Waals surface area contributed by atoms with E-state index in [2.05, 4.69) is 29.2 Å². The Morgan fingerprint density at radius 3 is 2.55 bits per heavy atom. The zero-order valence-corrected chi connectivity index (χ0v) is 17.9. The molecule has 0 amide bonds. The van der Waals surface area contributed by atoms with Gasteiger partial charge in [-0.15, -0.1) is 10.2 Å². The molecule has 0 spiro atoms. The number of anilines is 3. The Kier molecular flexibility index (Phi) is 5.18. The molecule has 0 aliphatic carbocycles. The molecule has 5 rings (SSSR count). The largest absolute Gasteiger partial charge is 0.352 e. The molecule has 158 valence electrons. The van der Waals surface area contributed by atoms with Crippen LogP contribution in [0.15, 0.2) is 59.8 Å². The smallest absolute Gasteiger partial charge is 0.245 e. The Bertz CT molecular complexity index is 1290. The summed E-state index contributed by atoms with van der Waals surface area (Å²) in [5.74, 6) is 1.32. The first-order chi connectivity index (χ1) is 15.1. The number of sulfonamides is 1. The molecule has 31 heavy (non-hydrogen) atoms. The van der Waals surface area contributed by atoms with Gasteiger partial charge in [-0.25, -0.2) is 8.42 Å². The molecule has 1 N–H and O–H groups in total. The molecule has 4 aromatic rings. The van der Waals surface area contributed by atoms with Crippen molar-refractivity contribution in [1.82, 2.24) is 28.2 Å². The molecular weight excluding hydrogens is 436 g/mol. The number of aromatic nitrogens is 5. The van der Waals surface area contributed by atoms with Crippen molar-refractivity contribution in [3.8, 4) is 0 Å². The summed E-state index contributed by atoms with van der Waals surface area (Å²) in [4.78, 5) is 6.29. The second kappa shape index (κ2) is 8.13. The van der Waals surface area contributed by atoms with Gasteiger partial charge < -0.3 is 10.2 Å². The highest BCUT2D eigenvalue weighted by atomic mass is 32.2. The van der Waals surface area contributed by atoms with Crippen molar-refractivity contribution in [2.24, 2.45) is 0 Å². The van der Waals surface area contributed by atoms with Gasteiger partial charge in [-0.2, -0.15) is 13.1 Å². The van der Waals surface area contributed by atoms with Crippen LogP contribution in [-0.2, 0) is 10.0 Å². The van der Waals surface area contributed by atoms with Gasteiger partial charge in [0.25, 0.3) is 0 Å². The number of pyridine rings is 1. The highest BCUT2D eigenvalue weighted by Crippen LogP contribution is 2.26. The van der Waals surface area contributed by atoms with E-state index < -0.39 is 10.0 Å². The first-order valence-corrected chi connectivity index (χ1v) is 11.8. The van der Waals surface area contributed by atoms with Gasteiger partial charge in [-0.05, 0) is 36.4 Å². The number of hydrogen-bond donors (Lipinski definition) is 1. The van der Waals surface area contributed by atoms with Crippen LogP contribution in [0.5, 0.6) is 0 Å². The van der Waals surface area contributed by atoms with Crippen molar-refractivity contribution in [2.75, 3.05) is 36.4 Å². The van der Waals surface area contributed by atoms with Gasteiger partial charge in [-0.1, -0.05) is 6.07 Å². The zero-order chi connectivity index (χ0) is 21.3. The van der Waals surface area contributed by atoms with E-state index in [1.54, 1.807) is 30.6 Å². The lowest BCUT2D eigenvalue weighted by Gasteiger charge is -2.34. The van der Waals surface area contributed by atoms with Crippen molar-refractivity contribution < 1.29 is 8.42 Å². The number of nitrogens with one attached hydrogen (secondary N) is 1. The second-order valence-electron chi connectivity index (χ2n) is 6.92. The first kappa shape index (κ1) is 19.7.